The highest BCUT2D eigenvalue weighted by Gasteiger charge is 1.76. The van der Waals surface area contributed by atoms with Crippen LogP contribution in [0.5, 0.6) is 0 Å². The summed E-state index contributed by atoms with van der Waals surface area (Å²) in [6, 6.07) is 0. The van der Waals surface area contributed by atoms with E-state index in [0.717, 1.165) is 6.42 Å². The Hall–Kier alpha value is -0.760. The van der Waals surface area contributed by atoms with Crippen LogP contribution < -0.4 is 5.73 Å². The third-order valence-corrected chi connectivity index (χ3v) is 0.856. The van der Waals surface area contributed by atoms with Gasteiger partial charge in [-0.2, -0.15) is 0 Å². The van der Waals surface area contributed by atoms with Gasteiger partial charge in [-0.05, 0) is 12.5 Å². The topological polar surface area (TPSA) is 46.2 Å². The van der Waals surface area contributed by atoms with Crippen LogP contribution in [-0.4, -0.2) is 11.7 Å². The first-order chi connectivity index (χ1) is 4.31. The van der Waals surface area contributed by atoms with Gasteiger partial charge in [-0.15, -0.1) is 0 Å². The molecular weight excluding hydrogens is 114 g/mol. The highest BCUT2D eigenvalue weighted by molar-refractivity contribution is 5.13. The molecule has 0 saturated heterocycles. The van der Waals surface area contributed by atoms with Crippen molar-refractivity contribution < 1.29 is 5.11 Å². The van der Waals surface area contributed by atoms with Gasteiger partial charge in [0.1, 0.15) is 0 Å². The van der Waals surface area contributed by atoms with Crippen molar-refractivity contribution in [3.05, 3.63) is 23.9 Å². The molecule has 0 rings (SSSR count). The van der Waals surface area contributed by atoms with Crippen molar-refractivity contribution in [1.29, 1.82) is 0 Å². The Morgan fingerprint density at radius 1 is 1.67 bits per heavy atom. The second kappa shape index (κ2) is 5.38. The maximum Gasteiger partial charge on any atom is 0.0616 e. The summed E-state index contributed by atoms with van der Waals surface area (Å²) in [6.07, 6.45) is 6.14. The molecule has 0 aromatic heterocycles. The van der Waals surface area contributed by atoms with Gasteiger partial charge in [0.05, 0.1) is 6.61 Å². The van der Waals surface area contributed by atoms with Crippen LogP contribution in [0, 0.1) is 0 Å². The molecule has 0 saturated carbocycles. The average Bonchev–Trinajstić information content (AvgIpc) is 1.85. The van der Waals surface area contributed by atoms with Crippen molar-refractivity contribution in [1.82, 2.24) is 0 Å². The number of rotatable bonds is 3. The maximum absolute atomic E-state index is 8.31. The van der Waals surface area contributed by atoms with E-state index in [1.54, 1.807) is 12.2 Å². The minimum Gasteiger partial charge on any atom is -0.399 e. The lowest BCUT2D eigenvalue weighted by Crippen LogP contribution is -1.92. The van der Waals surface area contributed by atoms with Crippen molar-refractivity contribution in [2.24, 2.45) is 5.73 Å². The molecule has 0 amide bonds. The summed E-state index contributed by atoms with van der Waals surface area (Å²) in [6.45, 7) is 2.07. The Balaban J connectivity index is 3.60. The van der Waals surface area contributed by atoms with Gasteiger partial charge >= 0.3 is 0 Å². The highest BCUT2D eigenvalue weighted by atomic mass is 16.2. The quantitative estimate of drug-likeness (QED) is 0.550. The maximum atomic E-state index is 8.31. The zero-order chi connectivity index (χ0) is 7.11. The minimum absolute atomic E-state index is 0.0538. The molecule has 0 atom stereocenters. The monoisotopic (exact) mass is 127 g/mol. The smallest absolute Gasteiger partial charge is 0.0616 e. The van der Waals surface area contributed by atoms with E-state index in [4.69, 9.17) is 10.8 Å². The molecule has 2 nitrogen and oxygen atoms in total. The molecule has 0 radical (unpaired) electrons. The molecule has 0 unspecified atom stereocenters. The molecule has 0 aliphatic rings. The molecule has 0 bridgehead atoms. The summed E-state index contributed by atoms with van der Waals surface area (Å²) < 4.78 is 0. The van der Waals surface area contributed by atoms with Crippen molar-refractivity contribution in [3.8, 4) is 0 Å². The van der Waals surface area contributed by atoms with E-state index < -0.39 is 0 Å². The third kappa shape index (κ3) is 5.11. The van der Waals surface area contributed by atoms with Gasteiger partial charge in [0.15, 0.2) is 0 Å². The highest BCUT2D eigenvalue weighted by Crippen LogP contribution is 1.88. The number of nitrogens with two attached hydrogens (primary N) is 1. The molecule has 0 aliphatic carbocycles. The zero-order valence-corrected chi connectivity index (χ0v) is 5.67. The van der Waals surface area contributed by atoms with E-state index in [0.29, 0.717) is 5.70 Å². The summed E-state index contributed by atoms with van der Waals surface area (Å²) in [4.78, 5) is 0. The number of hydrogen-bond acceptors (Lipinski definition) is 2. The predicted octanol–water partition coefficient (Wildman–Crippen LogP) is 0.788. The third-order valence-electron chi connectivity index (χ3n) is 0.856. The van der Waals surface area contributed by atoms with Crippen LogP contribution in [0.25, 0.3) is 0 Å². The number of aliphatic hydroxyl groups is 1. The predicted molar refractivity (Wildman–Crippen MR) is 38.8 cm³/mol. The van der Waals surface area contributed by atoms with E-state index in [1.165, 1.54) is 0 Å². The Morgan fingerprint density at radius 2 is 2.33 bits per heavy atom. The van der Waals surface area contributed by atoms with Gasteiger partial charge in [0.2, 0.25) is 0 Å². The van der Waals surface area contributed by atoms with Crippen LogP contribution in [0.3, 0.4) is 0 Å². The summed E-state index contributed by atoms with van der Waals surface area (Å²) in [7, 11) is 0. The van der Waals surface area contributed by atoms with Crippen LogP contribution in [0.15, 0.2) is 23.9 Å². The lowest BCUT2D eigenvalue weighted by atomic mass is 10.3. The summed E-state index contributed by atoms with van der Waals surface area (Å²) in [5.41, 5.74) is 6.15. The first kappa shape index (κ1) is 8.24. The van der Waals surface area contributed by atoms with Crippen LogP contribution >= 0.6 is 0 Å². The van der Waals surface area contributed by atoms with Gasteiger partial charge in [-0.1, -0.05) is 19.1 Å². The van der Waals surface area contributed by atoms with Gasteiger partial charge in [0, 0.05) is 5.70 Å². The molecule has 0 spiro atoms. The van der Waals surface area contributed by atoms with Crippen LogP contribution in [0.4, 0.5) is 0 Å². The lowest BCUT2D eigenvalue weighted by molar-refractivity contribution is 0.342. The van der Waals surface area contributed by atoms with Gasteiger partial charge in [-0.3, -0.25) is 0 Å². The summed E-state index contributed by atoms with van der Waals surface area (Å²) >= 11 is 0. The summed E-state index contributed by atoms with van der Waals surface area (Å²) in [5, 5.41) is 8.31. The van der Waals surface area contributed by atoms with Crippen LogP contribution in [0.2, 0.25) is 0 Å². The molecule has 3 N–H and O–H groups in total. The van der Waals surface area contributed by atoms with Gasteiger partial charge in [-0.25, -0.2) is 0 Å². The molecule has 0 aliphatic heterocycles. The van der Waals surface area contributed by atoms with Crippen molar-refractivity contribution in [2.45, 2.75) is 13.3 Å². The van der Waals surface area contributed by atoms with E-state index in [2.05, 4.69) is 0 Å². The van der Waals surface area contributed by atoms with Crippen molar-refractivity contribution in [3.63, 3.8) is 0 Å². The molecule has 0 heterocycles. The second-order valence-corrected chi connectivity index (χ2v) is 1.70. The molecule has 52 valence electrons. The van der Waals surface area contributed by atoms with Crippen LogP contribution in [-0.2, 0) is 0 Å². The van der Waals surface area contributed by atoms with E-state index in [9.17, 15) is 0 Å². The molecule has 0 aromatic rings. The Labute approximate surface area is 55.7 Å². The molecule has 9 heavy (non-hydrogen) atoms. The average molecular weight is 127 g/mol. The fourth-order valence-electron chi connectivity index (χ4n) is 0.493. The van der Waals surface area contributed by atoms with Crippen molar-refractivity contribution in [2.75, 3.05) is 6.61 Å². The van der Waals surface area contributed by atoms with Gasteiger partial charge in [0.25, 0.3) is 0 Å². The Kier molecular flexibility index (Phi) is 4.92. The molecular formula is C7H13NO. The van der Waals surface area contributed by atoms with Crippen molar-refractivity contribution >= 4 is 0 Å². The first-order valence-electron chi connectivity index (χ1n) is 3.04. The molecule has 0 fully saturated rings. The van der Waals surface area contributed by atoms with E-state index in [-0.39, 0.29) is 6.61 Å². The van der Waals surface area contributed by atoms with E-state index >= 15 is 0 Å². The Morgan fingerprint density at radius 3 is 2.78 bits per heavy atom. The standard InChI is InChI=1S/C7H13NO/c1-2-4-7(8)5-3-6-9/h3-5,9H,2,6,8H2,1H3/b5-3-,7-4+. The Bertz CT molecular complexity index is 116. The fraction of sp³-hybridized carbons (Fsp3) is 0.429. The number of hydrogen-bond donors (Lipinski definition) is 2. The van der Waals surface area contributed by atoms with E-state index in [1.807, 2.05) is 13.0 Å². The second-order valence-electron chi connectivity index (χ2n) is 1.70. The SMILES string of the molecule is CC/C=C(N)\C=C/CO. The molecule has 2 heteroatoms. The fourth-order valence-corrected chi connectivity index (χ4v) is 0.493. The first-order valence-corrected chi connectivity index (χ1v) is 3.04. The zero-order valence-electron chi connectivity index (χ0n) is 5.67. The largest absolute Gasteiger partial charge is 0.399 e. The lowest BCUT2D eigenvalue weighted by Gasteiger charge is -1.87. The molecule has 0 aromatic carbocycles. The summed E-state index contributed by atoms with van der Waals surface area (Å²) in [5.74, 6) is 0. The number of allylic oxidation sites excluding steroid dienone is 2. The minimum atomic E-state index is 0.0538. The van der Waals surface area contributed by atoms with Gasteiger partial charge < -0.3 is 10.8 Å². The van der Waals surface area contributed by atoms with Crippen LogP contribution in [0.1, 0.15) is 13.3 Å². The normalized spacial score (nSPS) is 12.9. The number of aliphatic hydroxyl groups excluding tert-OH is 1.